The Labute approximate surface area is 118 Å². The third kappa shape index (κ3) is 1.74. The van der Waals surface area contributed by atoms with Crippen LogP contribution >= 0.6 is 11.6 Å². The highest BCUT2D eigenvalue weighted by Crippen LogP contribution is 2.31. The molecule has 0 radical (unpaired) electrons. The Hall–Kier alpha value is -2.14. The minimum Gasteiger partial charge on any atom is -0.369 e. The number of benzene rings is 2. The molecular formula is C14H10ClF2N3. The number of hydrogen-bond acceptors (Lipinski definition) is 2. The van der Waals surface area contributed by atoms with Gasteiger partial charge in [0.15, 0.2) is 5.82 Å². The first kappa shape index (κ1) is 12.9. The van der Waals surface area contributed by atoms with Crippen LogP contribution in [0.1, 0.15) is 5.56 Å². The third-order valence-corrected chi connectivity index (χ3v) is 3.45. The number of aryl methyl sites for hydroxylation is 1. The molecule has 20 heavy (non-hydrogen) atoms. The van der Waals surface area contributed by atoms with E-state index in [9.17, 15) is 8.78 Å². The van der Waals surface area contributed by atoms with Gasteiger partial charge in [0.05, 0.1) is 10.5 Å². The predicted molar refractivity (Wildman–Crippen MR) is 75.1 cm³/mol. The van der Waals surface area contributed by atoms with E-state index in [1.807, 2.05) is 0 Å². The fraction of sp³-hybridized carbons (Fsp3) is 0.0714. The molecule has 3 rings (SSSR count). The fourth-order valence-electron chi connectivity index (χ4n) is 2.16. The lowest BCUT2D eigenvalue weighted by molar-refractivity contribution is 0.566. The van der Waals surface area contributed by atoms with Crippen molar-refractivity contribution in [2.75, 3.05) is 5.73 Å². The molecule has 0 amide bonds. The van der Waals surface area contributed by atoms with E-state index in [-0.39, 0.29) is 11.6 Å². The molecule has 0 aliphatic rings. The number of rotatable bonds is 1. The van der Waals surface area contributed by atoms with Gasteiger partial charge in [-0.2, -0.15) is 0 Å². The summed E-state index contributed by atoms with van der Waals surface area (Å²) >= 11 is 6.02. The van der Waals surface area contributed by atoms with E-state index in [0.717, 1.165) is 0 Å². The van der Waals surface area contributed by atoms with Crippen LogP contribution in [0.5, 0.6) is 0 Å². The Morgan fingerprint density at radius 1 is 1.20 bits per heavy atom. The van der Waals surface area contributed by atoms with Crippen LogP contribution in [0.3, 0.4) is 0 Å². The van der Waals surface area contributed by atoms with E-state index < -0.39 is 11.6 Å². The lowest BCUT2D eigenvalue weighted by Gasteiger charge is -2.10. The Morgan fingerprint density at radius 3 is 2.70 bits per heavy atom. The first-order chi connectivity index (χ1) is 9.50. The van der Waals surface area contributed by atoms with Gasteiger partial charge in [-0.25, -0.2) is 13.8 Å². The van der Waals surface area contributed by atoms with Crippen LogP contribution in [0, 0.1) is 18.6 Å². The highest BCUT2D eigenvalue weighted by Gasteiger charge is 2.19. The number of imidazole rings is 1. The molecule has 3 aromatic rings. The van der Waals surface area contributed by atoms with Crippen LogP contribution < -0.4 is 5.73 Å². The monoisotopic (exact) mass is 293 g/mol. The maximum Gasteiger partial charge on any atom is 0.206 e. The molecular weight excluding hydrogens is 284 g/mol. The lowest BCUT2D eigenvalue weighted by atomic mass is 10.2. The van der Waals surface area contributed by atoms with Gasteiger partial charge >= 0.3 is 0 Å². The standard InChI is InChI=1S/C14H10ClF2N3/c1-7-5-6-9(16)13(11(7)17)20-10-4-2-3-8(15)12(10)19-14(20)18/h2-6H,1H3,(H2,18,19). The van der Waals surface area contributed by atoms with Gasteiger partial charge in [-0.1, -0.05) is 23.7 Å². The van der Waals surface area contributed by atoms with Crippen molar-refractivity contribution in [2.24, 2.45) is 0 Å². The van der Waals surface area contributed by atoms with Crippen LogP contribution in [0.15, 0.2) is 30.3 Å². The molecule has 0 aliphatic heterocycles. The van der Waals surface area contributed by atoms with Gasteiger partial charge in [0.2, 0.25) is 5.95 Å². The number of nitrogen functional groups attached to an aromatic ring is 1. The minimum absolute atomic E-state index is 0.0171. The van der Waals surface area contributed by atoms with Crippen molar-refractivity contribution in [3.8, 4) is 5.69 Å². The zero-order valence-electron chi connectivity index (χ0n) is 10.5. The van der Waals surface area contributed by atoms with E-state index in [4.69, 9.17) is 17.3 Å². The van der Waals surface area contributed by atoms with Crippen molar-refractivity contribution in [1.82, 2.24) is 9.55 Å². The molecule has 0 bridgehead atoms. The molecule has 0 unspecified atom stereocenters. The first-order valence-electron chi connectivity index (χ1n) is 5.88. The summed E-state index contributed by atoms with van der Waals surface area (Å²) in [5.41, 5.74) is 6.75. The van der Waals surface area contributed by atoms with Crippen LogP contribution in [0.2, 0.25) is 5.02 Å². The van der Waals surface area contributed by atoms with Crippen molar-refractivity contribution in [1.29, 1.82) is 0 Å². The zero-order chi connectivity index (χ0) is 14.4. The maximum atomic E-state index is 14.3. The molecule has 2 N–H and O–H groups in total. The molecule has 3 nitrogen and oxygen atoms in total. The normalized spacial score (nSPS) is 11.2. The van der Waals surface area contributed by atoms with Gasteiger partial charge < -0.3 is 5.73 Å². The molecule has 0 saturated heterocycles. The highest BCUT2D eigenvalue weighted by atomic mass is 35.5. The Bertz CT molecular complexity index is 827. The Morgan fingerprint density at radius 2 is 1.95 bits per heavy atom. The van der Waals surface area contributed by atoms with Crippen molar-refractivity contribution < 1.29 is 8.78 Å². The summed E-state index contributed by atoms with van der Waals surface area (Å²) < 4.78 is 29.5. The molecule has 2 aromatic carbocycles. The number of halogens is 3. The van der Waals surface area contributed by atoms with E-state index in [2.05, 4.69) is 4.98 Å². The lowest BCUT2D eigenvalue weighted by Crippen LogP contribution is -2.06. The van der Waals surface area contributed by atoms with Crippen molar-refractivity contribution in [3.63, 3.8) is 0 Å². The fourth-order valence-corrected chi connectivity index (χ4v) is 2.38. The number of anilines is 1. The third-order valence-electron chi connectivity index (χ3n) is 3.15. The number of aromatic nitrogens is 2. The molecule has 0 aliphatic carbocycles. The van der Waals surface area contributed by atoms with Gasteiger partial charge in [-0.3, -0.25) is 4.57 Å². The zero-order valence-corrected chi connectivity index (χ0v) is 11.2. The SMILES string of the molecule is Cc1ccc(F)c(-n2c(N)nc3c(Cl)cccc32)c1F. The van der Waals surface area contributed by atoms with Crippen molar-refractivity contribution >= 4 is 28.6 Å². The number of nitrogens with two attached hydrogens (primary N) is 1. The number of nitrogens with zero attached hydrogens (tertiary/aromatic N) is 2. The van der Waals surface area contributed by atoms with E-state index in [1.165, 1.54) is 16.7 Å². The summed E-state index contributed by atoms with van der Waals surface area (Å²) in [6.45, 7) is 1.56. The molecule has 1 aromatic heterocycles. The van der Waals surface area contributed by atoms with Gasteiger partial charge in [-0.15, -0.1) is 0 Å². The number of para-hydroxylation sites is 1. The average Bonchev–Trinajstić information content (AvgIpc) is 2.74. The summed E-state index contributed by atoms with van der Waals surface area (Å²) in [6, 6.07) is 7.54. The summed E-state index contributed by atoms with van der Waals surface area (Å²) in [5.74, 6) is -1.40. The summed E-state index contributed by atoms with van der Waals surface area (Å²) in [7, 11) is 0. The number of hydrogen-bond donors (Lipinski definition) is 1. The van der Waals surface area contributed by atoms with Crippen LogP contribution in [0.25, 0.3) is 16.7 Å². The molecule has 0 saturated carbocycles. The number of fused-ring (bicyclic) bond motifs is 1. The highest BCUT2D eigenvalue weighted by molar-refractivity contribution is 6.35. The second kappa shape index (κ2) is 4.45. The molecule has 6 heteroatoms. The molecule has 0 atom stereocenters. The summed E-state index contributed by atoms with van der Waals surface area (Å²) in [6.07, 6.45) is 0. The van der Waals surface area contributed by atoms with Gasteiger partial charge in [0.1, 0.15) is 17.0 Å². The molecule has 102 valence electrons. The Kier molecular flexibility index (Phi) is 2.87. The van der Waals surface area contributed by atoms with Gasteiger partial charge in [0.25, 0.3) is 0 Å². The smallest absolute Gasteiger partial charge is 0.206 e. The van der Waals surface area contributed by atoms with Crippen molar-refractivity contribution in [2.45, 2.75) is 6.92 Å². The summed E-state index contributed by atoms with van der Waals surface area (Å²) in [4.78, 5) is 4.08. The Balaban J connectivity index is 2.45. The molecule has 0 spiro atoms. The van der Waals surface area contributed by atoms with Crippen LogP contribution in [-0.4, -0.2) is 9.55 Å². The van der Waals surface area contributed by atoms with E-state index >= 15 is 0 Å². The molecule has 1 heterocycles. The van der Waals surface area contributed by atoms with Crippen LogP contribution in [-0.2, 0) is 0 Å². The van der Waals surface area contributed by atoms with Crippen LogP contribution in [0.4, 0.5) is 14.7 Å². The topological polar surface area (TPSA) is 43.8 Å². The van der Waals surface area contributed by atoms with Crippen molar-refractivity contribution in [3.05, 3.63) is 52.6 Å². The maximum absolute atomic E-state index is 14.3. The van der Waals surface area contributed by atoms with Gasteiger partial charge in [-0.05, 0) is 30.7 Å². The van der Waals surface area contributed by atoms with Gasteiger partial charge in [0, 0.05) is 0 Å². The van der Waals surface area contributed by atoms with E-state index in [1.54, 1.807) is 25.1 Å². The first-order valence-corrected chi connectivity index (χ1v) is 6.26. The quantitative estimate of drug-likeness (QED) is 0.740. The second-order valence-electron chi connectivity index (χ2n) is 4.44. The second-order valence-corrected chi connectivity index (χ2v) is 4.85. The average molecular weight is 294 g/mol. The predicted octanol–water partition coefficient (Wildman–Crippen LogP) is 3.85. The van der Waals surface area contributed by atoms with E-state index in [0.29, 0.717) is 21.6 Å². The molecule has 0 fully saturated rings. The minimum atomic E-state index is -0.709. The summed E-state index contributed by atoms with van der Waals surface area (Å²) in [5, 5.41) is 0.376. The largest absolute Gasteiger partial charge is 0.369 e.